The van der Waals surface area contributed by atoms with Crippen molar-refractivity contribution in [1.82, 2.24) is 5.32 Å². The van der Waals surface area contributed by atoms with Crippen LogP contribution in [0.1, 0.15) is 22.8 Å². The molecule has 1 N–H and O–H groups in total. The van der Waals surface area contributed by atoms with E-state index in [1.54, 1.807) is 31.2 Å². The average Bonchev–Trinajstić information content (AvgIpc) is 2.79. The second-order valence-electron chi connectivity index (χ2n) is 7.45. The van der Waals surface area contributed by atoms with E-state index in [4.69, 9.17) is 16.3 Å². The number of rotatable bonds is 9. The summed E-state index contributed by atoms with van der Waals surface area (Å²) in [4.78, 5) is 12.4. The van der Waals surface area contributed by atoms with Gasteiger partial charge in [0.15, 0.2) is 0 Å². The third kappa shape index (κ3) is 6.10. The van der Waals surface area contributed by atoms with E-state index in [-0.39, 0.29) is 33.8 Å². The highest BCUT2D eigenvalue weighted by Crippen LogP contribution is 2.31. The van der Waals surface area contributed by atoms with Gasteiger partial charge in [-0.3, -0.25) is 9.10 Å². The number of amides is 1. The van der Waals surface area contributed by atoms with Crippen molar-refractivity contribution in [2.75, 3.05) is 18.0 Å². The van der Waals surface area contributed by atoms with Crippen LogP contribution in [-0.4, -0.2) is 34.1 Å². The molecule has 3 aromatic rings. The number of benzene rings is 3. The van der Waals surface area contributed by atoms with Gasteiger partial charge in [-0.2, -0.15) is 0 Å². The minimum atomic E-state index is -4.22. The van der Waals surface area contributed by atoms with Crippen molar-refractivity contribution in [2.24, 2.45) is 0 Å². The molecule has 0 bridgehead atoms. The van der Waals surface area contributed by atoms with Gasteiger partial charge >= 0.3 is 0 Å². The van der Waals surface area contributed by atoms with Crippen LogP contribution in [0, 0.1) is 5.82 Å². The summed E-state index contributed by atoms with van der Waals surface area (Å²) in [6.45, 7) is 2.07. The van der Waals surface area contributed by atoms with Gasteiger partial charge in [0.2, 0.25) is 0 Å². The van der Waals surface area contributed by atoms with Crippen LogP contribution >= 0.6 is 11.6 Å². The summed E-state index contributed by atoms with van der Waals surface area (Å²) in [6.07, 6.45) is 0. The van der Waals surface area contributed by atoms with Gasteiger partial charge in [-0.25, -0.2) is 12.8 Å². The van der Waals surface area contributed by atoms with E-state index in [1.165, 1.54) is 49.6 Å². The molecule has 0 saturated carbocycles. The van der Waals surface area contributed by atoms with Gasteiger partial charge in [0, 0.05) is 18.7 Å². The molecule has 1 amide bonds. The van der Waals surface area contributed by atoms with Crippen LogP contribution in [0.2, 0.25) is 5.02 Å². The molecule has 0 aromatic heterocycles. The minimum absolute atomic E-state index is 0.00751. The molecule has 0 fully saturated rings. The van der Waals surface area contributed by atoms with E-state index < -0.39 is 21.7 Å². The van der Waals surface area contributed by atoms with Crippen LogP contribution in [0.15, 0.2) is 77.7 Å². The maximum atomic E-state index is 13.7. The number of nitrogens with zero attached hydrogens (tertiary/aromatic N) is 1. The molecule has 174 valence electrons. The quantitative estimate of drug-likeness (QED) is 0.474. The van der Waals surface area contributed by atoms with Crippen molar-refractivity contribution >= 4 is 33.2 Å². The molecule has 1 atom stereocenters. The number of sulfonamides is 1. The van der Waals surface area contributed by atoms with Crippen molar-refractivity contribution in [3.05, 3.63) is 94.8 Å². The Balaban J connectivity index is 2.03. The van der Waals surface area contributed by atoms with E-state index in [1.807, 2.05) is 6.07 Å². The molecule has 0 saturated heterocycles. The van der Waals surface area contributed by atoms with Crippen molar-refractivity contribution in [3.8, 4) is 0 Å². The Kier molecular flexibility index (Phi) is 8.07. The van der Waals surface area contributed by atoms with Gasteiger partial charge in [-0.1, -0.05) is 41.9 Å². The standard InChI is InChI=1S/C24H24ClFN2O4S/c1-17(16-32-2)27-24(29)19-8-13-22(25)23(14-19)33(30,31)28(15-18-6-4-3-5-7-18)21-11-9-20(26)10-12-21/h3-14,17H,15-16H2,1-2H3,(H,27,29). The predicted octanol–water partition coefficient (Wildman–Crippen LogP) is 4.64. The number of anilines is 1. The van der Waals surface area contributed by atoms with Gasteiger partial charge in [0.05, 0.1) is 23.9 Å². The molecule has 0 aliphatic heterocycles. The average molecular weight is 491 g/mol. The first kappa shape index (κ1) is 24.7. The molecular weight excluding hydrogens is 467 g/mol. The maximum Gasteiger partial charge on any atom is 0.266 e. The van der Waals surface area contributed by atoms with Crippen LogP contribution in [-0.2, 0) is 21.3 Å². The van der Waals surface area contributed by atoms with E-state index in [9.17, 15) is 17.6 Å². The summed E-state index contributed by atoms with van der Waals surface area (Å²) in [5.74, 6) is -0.943. The third-order valence-corrected chi connectivity index (χ3v) is 7.09. The zero-order chi connectivity index (χ0) is 24.0. The van der Waals surface area contributed by atoms with Crippen LogP contribution < -0.4 is 9.62 Å². The van der Waals surface area contributed by atoms with E-state index in [0.717, 1.165) is 9.87 Å². The number of ether oxygens (including phenoxy) is 1. The molecule has 33 heavy (non-hydrogen) atoms. The summed E-state index contributed by atoms with van der Waals surface area (Å²) in [5, 5.41) is 2.71. The molecule has 6 nitrogen and oxygen atoms in total. The Hall–Kier alpha value is -2.94. The molecule has 9 heteroatoms. The first-order valence-electron chi connectivity index (χ1n) is 10.1. The normalized spacial score (nSPS) is 12.2. The first-order chi connectivity index (χ1) is 15.7. The molecule has 0 radical (unpaired) electrons. The molecule has 0 aliphatic carbocycles. The van der Waals surface area contributed by atoms with Crippen molar-refractivity contribution in [1.29, 1.82) is 0 Å². The minimum Gasteiger partial charge on any atom is -0.383 e. The summed E-state index contributed by atoms with van der Waals surface area (Å²) in [7, 11) is -2.70. The second kappa shape index (κ2) is 10.8. The SMILES string of the molecule is COCC(C)NC(=O)c1ccc(Cl)c(S(=O)(=O)N(Cc2ccccc2)c2ccc(F)cc2)c1. The Labute approximate surface area is 198 Å². The van der Waals surface area contributed by atoms with Gasteiger partial charge < -0.3 is 10.1 Å². The fraction of sp³-hybridized carbons (Fsp3) is 0.208. The highest BCUT2D eigenvalue weighted by Gasteiger charge is 2.29. The number of methoxy groups -OCH3 is 1. The summed E-state index contributed by atoms with van der Waals surface area (Å²) >= 11 is 6.28. The van der Waals surface area contributed by atoms with E-state index in [0.29, 0.717) is 6.61 Å². The second-order valence-corrected chi connectivity index (χ2v) is 9.69. The van der Waals surface area contributed by atoms with Crippen molar-refractivity contribution in [2.45, 2.75) is 24.4 Å². The summed E-state index contributed by atoms with van der Waals surface area (Å²) in [6, 6.07) is 17.9. The summed E-state index contributed by atoms with van der Waals surface area (Å²) in [5.41, 5.74) is 1.13. The van der Waals surface area contributed by atoms with E-state index >= 15 is 0 Å². The highest BCUT2D eigenvalue weighted by atomic mass is 35.5. The number of hydrogen-bond donors (Lipinski definition) is 1. The Morgan fingerprint density at radius 3 is 2.39 bits per heavy atom. The molecule has 0 spiro atoms. The number of nitrogens with one attached hydrogen (secondary N) is 1. The lowest BCUT2D eigenvalue weighted by atomic mass is 10.2. The van der Waals surface area contributed by atoms with Crippen LogP contribution in [0.3, 0.4) is 0 Å². The van der Waals surface area contributed by atoms with Gasteiger partial charge in [0.1, 0.15) is 10.7 Å². The fourth-order valence-electron chi connectivity index (χ4n) is 3.23. The van der Waals surface area contributed by atoms with Crippen LogP contribution in [0.25, 0.3) is 0 Å². The Morgan fingerprint density at radius 1 is 1.09 bits per heavy atom. The zero-order valence-corrected chi connectivity index (χ0v) is 19.7. The topological polar surface area (TPSA) is 75.7 Å². The smallest absolute Gasteiger partial charge is 0.266 e. The molecule has 1 unspecified atom stereocenters. The number of carbonyl (C=O) groups is 1. The van der Waals surface area contributed by atoms with Gasteiger partial charge in [-0.15, -0.1) is 0 Å². The number of carbonyl (C=O) groups excluding carboxylic acids is 1. The van der Waals surface area contributed by atoms with Crippen LogP contribution in [0.4, 0.5) is 10.1 Å². The Bertz CT molecular complexity index is 1200. The van der Waals surface area contributed by atoms with Gasteiger partial charge in [0.25, 0.3) is 15.9 Å². The molecule has 3 aromatic carbocycles. The lowest BCUT2D eigenvalue weighted by molar-refractivity contribution is 0.0905. The number of hydrogen-bond acceptors (Lipinski definition) is 4. The molecule has 0 heterocycles. The van der Waals surface area contributed by atoms with Crippen molar-refractivity contribution < 1.29 is 22.3 Å². The Morgan fingerprint density at radius 2 is 1.76 bits per heavy atom. The third-order valence-electron chi connectivity index (χ3n) is 4.84. The summed E-state index contributed by atoms with van der Waals surface area (Å²) < 4.78 is 47.2. The zero-order valence-electron chi connectivity index (χ0n) is 18.2. The number of halogens is 2. The van der Waals surface area contributed by atoms with E-state index in [2.05, 4.69) is 5.32 Å². The highest BCUT2D eigenvalue weighted by molar-refractivity contribution is 7.93. The van der Waals surface area contributed by atoms with Crippen LogP contribution in [0.5, 0.6) is 0 Å². The first-order valence-corrected chi connectivity index (χ1v) is 12.0. The monoisotopic (exact) mass is 490 g/mol. The maximum absolute atomic E-state index is 13.7. The van der Waals surface area contributed by atoms with Gasteiger partial charge in [-0.05, 0) is 55.0 Å². The lowest BCUT2D eigenvalue weighted by Gasteiger charge is -2.25. The molecular formula is C24H24ClFN2O4S. The predicted molar refractivity (Wildman–Crippen MR) is 126 cm³/mol. The molecule has 3 rings (SSSR count). The van der Waals surface area contributed by atoms with Crippen molar-refractivity contribution in [3.63, 3.8) is 0 Å². The largest absolute Gasteiger partial charge is 0.383 e. The fourth-order valence-corrected chi connectivity index (χ4v) is 5.19. The molecule has 0 aliphatic rings. The lowest BCUT2D eigenvalue weighted by Crippen LogP contribution is -2.36.